The van der Waals surface area contributed by atoms with Crippen molar-refractivity contribution in [1.82, 2.24) is 5.32 Å². The zero-order valence-corrected chi connectivity index (χ0v) is 4.83. The molecule has 2 fully saturated rings. The van der Waals surface area contributed by atoms with Crippen LogP contribution in [0.15, 0.2) is 0 Å². The Hall–Kier alpha value is -0.790. The van der Waals surface area contributed by atoms with E-state index in [2.05, 4.69) is 16.4 Å². The quantitative estimate of drug-likeness (QED) is 0.295. The Labute approximate surface area is 52.6 Å². The molecule has 2 heterocycles. The maximum atomic E-state index is 4.84. The van der Waals surface area contributed by atoms with Gasteiger partial charge in [0.2, 0.25) is 6.23 Å². The highest BCUT2D eigenvalue weighted by Gasteiger charge is 2.29. The number of rotatable bonds is 1. The summed E-state index contributed by atoms with van der Waals surface area (Å²) < 4.78 is 9.64. The van der Waals surface area contributed by atoms with Crippen molar-refractivity contribution in [2.24, 2.45) is 0 Å². The van der Waals surface area contributed by atoms with Crippen molar-refractivity contribution in [3.8, 4) is 6.19 Å². The van der Waals surface area contributed by atoms with E-state index in [0.717, 1.165) is 13.2 Å². The van der Waals surface area contributed by atoms with Crippen LogP contribution in [0.1, 0.15) is 0 Å². The van der Waals surface area contributed by atoms with Gasteiger partial charge in [-0.25, -0.2) is 0 Å². The van der Waals surface area contributed by atoms with E-state index in [4.69, 9.17) is 9.47 Å². The second kappa shape index (κ2) is 1.87. The Kier molecular flexibility index (Phi) is 1.04. The van der Waals surface area contributed by atoms with Crippen LogP contribution in [0.2, 0.25) is 0 Å². The fourth-order valence-electron chi connectivity index (χ4n) is 0.430. The minimum atomic E-state index is 0.0660. The fraction of sp³-hybridized carbons (Fsp3) is 0.800. The van der Waals surface area contributed by atoms with E-state index in [-0.39, 0.29) is 12.5 Å². The molecular weight excluding hydrogens is 120 g/mol. The van der Waals surface area contributed by atoms with Crippen molar-refractivity contribution >= 4 is 0 Å². The van der Waals surface area contributed by atoms with Crippen molar-refractivity contribution in [1.29, 1.82) is 0 Å². The summed E-state index contributed by atoms with van der Waals surface area (Å²) in [5.41, 5.74) is 0. The first-order valence-corrected chi connectivity index (χ1v) is 2.89. The zero-order valence-electron chi connectivity index (χ0n) is 4.83. The van der Waals surface area contributed by atoms with Crippen LogP contribution in [0.3, 0.4) is 0 Å². The average Bonchev–Trinajstić information content (AvgIpc) is 2.57. The number of nitrogens with one attached hydrogen (secondary N) is 1. The van der Waals surface area contributed by atoms with Gasteiger partial charge in [-0.3, -0.25) is 0 Å². The molecule has 0 amide bonds. The molecule has 0 saturated carbocycles. The molecule has 0 bridgehead atoms. The monoisotopic (exact) mass is 127 g/mol. The summed E-state index contributed by atoms with van der Waals surface area (Å²) in [7, 11) is 0. The smallest absolute Gasteiger partial charge is 0.330 e. The molecule has 2 atom stereocenters. The molecule has 48 valence electrons. The van der Waals surface area contributed by atoms with Crippen molar-refractivity contribution in [2.45, 2.75) is 12.5 Å². The number of epoxide rings is 2. The lowest BCUT2D eigenvalue weighted by Crippen LogP contribution is -2.08. The number of nitrogens with zero attached hydrogens (tertiary/aromatic N) is 1. The summed E-state index contributed by atoms with van der Waals surface area (Å²) in [6.07, 6.45) is 2.86. The van der Waals surface area contributed by atoms with E-state index >= 15 is 0 Å². The summed E-state index contributed by atoms with van der Waals surface area (Å²) in [4.78, 5) is 3.85. The molecule has 4 heteroatoms. The molecule has 1 N–H and O–H groups in total. The summed E-state index contributed by atoms with van der Waals surface area (Å²) in [5, 5.41) is 2.81. The molecule has 4 nitrogen and oxygen atoms in total. The molecule has 2 unspecified atom stereocenters. The zero-order chi connectivity index (χ0) is 6.10. The summed E-state index contributed by atoms with van der Waals surface area (Å²) in [6.45, 7) is 1.51. The number of hydrogen-bond acceptors (Lipinski definition) is 3. The van der Waals surface area contributed by atoms with Gasteiger partial charge in [0.15, 0.2) is 0 Å². The largest absolute Gasteiger partial charge is 0.373 e. The Morgan fingerprint density at radius 1 is 1.44 bits per heavy atom. The highest BCUT2D eigenvalue weighted by Crippen LogP contribution is 2.09. The number of ether oxygens (including phenoxy) is 2. The first kappa shape index (κ1) is 5.03. The van der Waals surface area contributed by atoms with E-state index in [0.29, 0.717) is 0 Å². The van der Waals surface area contributed by atoms with Crippen LogP contribution in [0.25, 0.3) is 4.85 Å². The van der Waals surface area contributed by atoms with Gasteiger partial charge in [-0.2, -0.15) is 10.2 Å². The van der Waals surface area contributed by atoms with Crippen LogP contribution >= 0.6 is 0 Å². The molecule has 0 aliphatic carbocycles. The van der Waals surface area contributed by atoms with E-state index < -0.39 is 0 Å². The van der Waals surface area contributed by atoms with Gasteiger partial charge in [0, 0.05) is 0 Å². The summed E-state index contributed by atoms with van der Waals surface area (Å²) in [5.74, 6) is 0. The minimum Gasteiger partial charge on any atom is -0.330 e. The molecule has 2 aliphatic rings. The van der Waals surface area contributed by atoms with Crippen LogP contribution in [0.4, 0.5) is 0 Å². The lowest BCUT2D eigenvalue weighted by Gasteiger charge is -1.70. The van der Waals surface area contributed by atoms with Gasteiger partial charge in [0.1, 0.15) is 13.2 Å². The van der Waals surface area contributed by atoms with Crippen LogP contribution in [-0.2, 0) is 9.47 Å². The molecule has 0 aromatic heterocycles. The molecule has 2 saturated heterocycles. The summed E-state index contributed by atoms with van der Waals surface area (Å²) >= 11 is 0. The molecule has 2 rings (SSSR count). The van der Waals surface area contributed by atoms with Crippen LogP contribution < -0.4 is 5.32 Å². The molecule has 0 aromatic carbocycles. The molecule has 0 radical (unpaired) electrons. The topological polar surface area (TPSA) is 41.5 Å². The normalized spacial score (nSPS) is 36.4. The van der Waals surface area contributed by atoms with E-state index in [1.54, 1.807) is 0 Å². The predicted octanol–water partition coefficient (Wildman–Crippen LogP) is -0.421. The highest BCUT2D eigenvalue weighted by molar-refractivity contribution is 4.93. The Balaban J connectivity index is 1.69. The first-order chi connectivity index (χ1) is 4.45. The molecule has 9 heavy (non-hydrogen) atoms. The third-order valence-corrected chi connectivity index (χ3v) is 1.08. The summed E-state index contributed by atoms with van der Waals surface area (Å²) in [6, 6.07) is 0. The third-order valence-electron chi connectivity index (χ3n) is 1.08. The Morgan fingerprint density at radius 2 is 2.22 bits per heavy atom. The van der Waals surface area contributed by atoms with E-state index in [1.165, 1.54) is 0 Å². The lowest BCUT2D eigenvalue weighted by atomic mass is 10.8. The standard InChI is InChI=1S/C5H6N2O2/c1-4(8-1)6-3-7-5-2-9-5/h4-5H,1-2H2/p+1. The molecular formula is C5H7N2O2+. The van der Waals surface area contributed by atoms with Crippen molar-refractivity contribution < 1.29 is 9.47 Å². The Bertz CT molecular complexity index is 164. The minimum absolute atomic E-state index is 0.0660. The SMILES string of the molecule is C(#[N+]C1CO1)NC1CO1. The van der Waals surface area contributed by atoms with Gasteiger partial charge in [-0.05, 0) is 0 Å². The van der Waals surface area contributed by atoms with Crippen LogP contribution in [0.5, 0.6) is 0 Å². The van der Waals surface area contributed by atoms with Crippen LogP contribution in [-0.4, -0.2) is 25.7 Å². The van der Waals surface area contributed by atoms with E-state index in [9.17, 15) is 0 Å². The van der Waals surface area contributed by atoms with Gasteiger partial charge in [0.25, 0.3) is 0 Å². The van der Waals surface area contributed by atoms with Gasteiger partial charge >= 0.3 is 12.4 Å². The van der Waals surface area contributed by atoms with Crippen LogP contribution in [0, 0.1) is 6.19 Å². The lowest BCUT2D eigenvalue weighted by molar-refractivity contribution is 0.393. The van der Waals surface area contributed by atoms with Gasteiger partial charge < -0.3 is 9.47 Å². The Morgan fingerprint density at radius 3 is 2.78 bits per heavy atom. The van der Waals surface area contributed by atoms with Gasteiger partial charge in [-0.15, -0.1) is 0 Å². The first-order valence-electron chi connectivity index (χ1n) is 2.89. The molecule has 0 aromatic rings. The van der Waals surface area contributed by atoms with Crippen molar-refractivity contribution in [3.63, 3.8) is 0 Å². The second-order valence-electron chi connectivity index (χ2n) is 2.00. The highest BCUT2D eigenvalue weighted by atomic mass is 16.6. The molecule has 2 aliphatic heterocycles. The number of hydrogen-bond donors (Lipinski definition) is 1. The maximum absolute atomic E-state index is 4.84. The third kappa shape index (κ3) is 1.56. The average molecular weight is 127 g/mol. The van der Waals surface area contributed by atoms with Gasteiger partial charge in [-0.1, -0.05) is 0 Å². The van der Waals surface area contributed by atoms with Crippen molar-refractivity contribution in [3.05, 3.63) is 4.85 Å². The molecule has 0 spiro atoms. The predicted molar refractivity (Wildman–Crippen MR) is 29.9 cm³/mol. The van der Waals surface area contributed by atoms with E-state index in [1.807, 2.05) is 0 Å². The second-order valence-corrected chi connectivity index (χ2v) is 2.00. The maximum Gasteiger partial charge on any atom is 0.373 e. The van der Waals surface area contributed by atoms with Crippen molar-refractivity contribution in [2.75, 3.05) is 13.2 Å². The van der Waals surface area contributed by atoms with Gasteiger partial charge in [0.05, 0.1) is 0 Å². The fourth-order valence-corrected chi connectivity index (χ4v) is 0.430.